The largest absolute Gasteiger partial charge is 0.355 e. The van der Waals surface area contributed by atoms with Gasteiger partial charge in [-0.05, 0) is 37.6 Å². The maximum Gasteiger partial charge on any atom is 0.252 e. The fraction of sp³-hybridized carbons (Fsp3) is 0.263. The average Bonchev–Trinajstić information content (AvgIpc) is 3.11. The van der Waals surface area contributed by atoms with Crippen molar-refractivity contribution in [1.29, 1.82) is 0 Å². The number of carbonyl (C=O) groups is 1. The first kappa shape index (κ1) is 15.6. The fourth-order valence-corrected chi connectivity index (χ4v) is 3.61. The number of aryl methyl sites for hydroxylation is 1. The molecule has 2 N–H and O–H groups in total. The predicted molar refractivity (Wildman–Crippen MR) is 93.9 cm³/mol. The van der Waals surface area contributed by atoms with Crippen LogP contribution in [0, 0.1) is 5.82 Å². The van der Waals surface area contributed by atoms with Gasteiger partial charge in [-0.1, -0.05) is 6.07 Å². The summed E-state index contributed by atoms with van der Waals surface area (Å²) >= 11 is 0. The molecule has 1 fully saturated rings. The molecule has 6 heteroatoms. The second-order valence-corrected chi connectivity index (χ2v) is 6.78. The summed E-state index contributed by atoms with van der Waals surface area (Å²) in [6.07, 6.45) is 2.38. The number of nitrogens with one attached hydrogen (secondary N) is 2. The Morgan fingerprint density at radius 1 is 1.20 bits per heavy atom. The van der Waals surface area contributed by atoms with Crippen molar-refractivity contribution in [3.8, 4) is 11.3 Å². The second kappa shape index (κ2) is 5.31. The number of hydrogen-bond donors (Lipinski definition) is 2. The first-order valence-corrected chi connectivity index (χ1v) is 8.17. The third-order valence-electron chi connectivity index (χ3n) is 5.15. The summed E-state index contributed by atoms with van der Waals surface area (Å²) in [5.41, 5.74) is 0.957. The molecule has 3 heterocycles. The SMILES string of the molecule is Cn1ccc2cc(-c3ccc([C@@]4(C)CCNC4=O)c(=O)[nH]3)cc(F)c21. The summed E-state index contributed by atoms with van der Waals surface area (Å²) in [5, 5.41) is 3.54. The zero-order valence-corrected chi connectivity index (χ0v) is 14.0. The average molecular weight is 339 g/mol. The number of fused-ring (bicyclic) bond motifs is 1. The van der Waals surface area contributed by atoms with Crippen LogP contribution in [0.5, 0.6) is 0 Å². The van der Waals surface area contributed by atoms with Crippen molar-refractivity contribution >= 4 is 16.8 Å². The highest BCUT2D eigenvalue weighted by molar-refractivity contribution is 5.90. The first-order valence-electron chi connectivity index (χ1n) is 8.17. The lowest BCUT2D eigenvalue weighted by Gasteiger charge is -2.20. The van der Waals surface area contributed by atoms with Crippen LogP contribution < -0.4 is 10.9 Å². The molecule has 0 aliphatic carbocycles. The van der Waals surface area contributed by atoms with Gasteiger partial charge in [0.2, 0.25) is 5.91 Å². The normalized spacial score (nSPS) is 20.2. The minimum atomic E-state index is -0.819. The number of rotatable bonds is 2. The molecule has 25 heavy (non-hydrogen) atoms. The van der Waals surface area contributed by atoms with Gasteiger partial charge >= 0.3 is 0 Å². The van der Waals surface area contributed by atoms with Gasteiger partial charge in [0, 0.05) is 42.0 Å². The Bertz CT molecular complexity index is 1070. The van der Waals surface area contributed by atoms with Gasteiger partial charge in [0.25, 0.3) is 5.56 Å². The first-order chi connectivity index (χ1) is 11.9. The highest BCUT2D eigenvalue weighted by Gasteiger charge is 2.41. The molecule has 3 aromatic rings. The second-order valence-electron chi connectivity index (χ2n) is 6.78. The number of amides is 1. The quantitative estimate of drug-likeness (QED) is 0.753. The van der Waals surface area contributed by atoms with Gasteiger partial charge < -0.3 is 14.9 Å². The summed E-state index contributed by atoms with van der Waals surface area (Å²) in [4.78, 5) is 27.5. The van der Waals surface area contributed by atoms with Crippen molar-refractivity contribution in [2.45, 2.75) is 18.8 Å². The van der Waals surface area contributed by atoms with Gasteiger partial charge in [0.05, 0.1) is 10.9 Å². The van der Waals surface area contributed by atoms with Crippen molar-refractivity contribution in [1.82, 2.24) is 14.9 Å². The van der Waals surface area contributed by atoms with E-state index in [0.29, 0.717) is 35.3 Å². The number of aromatic amines is 1. The summed E-state index contributed by atoms with van der Waals surface area (Å²) < 4.78 is 16.1. The molecule has 2 aromatic heterocycles. The van der Waals surface area contributed by atoms with Gasteiger partial charge in [-0.3, -0.25) is 9.59 Å². The molecule has 128 valence electrons. The van der Waals surface area contributed by atoms with Crippen LogP contribution in [0.4, 0.5) is 4.39 Å². The van der Waals surface area contributed by atoms with Crippen LogP contribution in [0.3, 0.4) is 0 Å². The van der Waals surface area contributed by atoms with Gasteiger partial charge in [0.15, 0.2) is 0 Å². The Morgan fingerprint density at radius 2 is 2.00 bits per heavy atom. The number of halogens is 1. The van der Waals surface area contributed by atoms with E-state index in [9.17, 15) is 14.0 Å². The van der Waals surface area contributed by atoms with Crippen molar-refractivity contribution in [3.63, 3.8) is 0 Å². The van der Waals surface area contributed by atoms with E-state index in [1.807, 2.05) is 12.1 Å². The molecule has 5 nitrogen and oxygen atoms in total. The molecule has 1 saturated heterocycles. The molecule has 1 atom stereocenters. The monoisotopic (exact) mass is 339 g/mol. The lowest BCUT2D eigenvalue weighted by Crippen LogP contribution is -2.37. The van der Waals surface area contributed by atoms with Crippen LogP contribution in [0.25, 0.3) is 22.2 Å². The van der Waals surface area contributed by atoms with Gasteiger partial charge in [-0.25, -0.2) is 4.39 Å². The number of nitrogens with zero attached hydrogens (tertiary/aromatic N) is 1. The van der Waals surface area contributed by atoms with Crippen LogP contribution in [0.1, 0.15) is 18.9 Å². The van der Waals surface area contributed by atoms with Crippen LogP contribution in [-0.4, -0.2) is 22.0 Å². The van der Waals surface area contributed by atoms with E-state index < -0.39 is 5.41 Å². The van der Waals surface area contributed by atoms with Crippen molar-refractivity contribution < 1.29 is 9.18 Å². The van der Waals surface area contributed by atoms with Crippen LogP contribution in [-0.2, 0) is 17.3 Å². The van der Waals surface area contributed by atoms with E-state index >= 15 is 0 Å². The number of H-pyrrole nitrogens is 1. The third-order valence-corrected chi connectivity index (χ3v) is 5.15. The van der Waals surface area contributed by atoms with Gasteiger partial charge in [0.1, 0.15) is 5.82 Å². The molecular formula is C19H18FN3O2. The van der Waals surface area contributed by atoms with E-state index in [1.165, 1.54) is 6.07 Å². The number of pyridine rings is 1. The van der Waals surface area contributed by atoms with Crippen molar-refractivity contribution in [2.24, 2.45) is 7.05 Å². The molecular weight excluding hydrogens is 321 g/mol. The Hall–Kier alpha value is -2.89. The maximum atomic E-state index is 14.4. The molecule has 1 amide bonds. The zero-order valence-electron chi connectivity index (χ0n) is 14.0. The summed E-state index contributed by atoms with van der Waals surface area (Å²) in [6.45, 7) is 2.34. The number of aromatic nitrogens is 2. The molecule has 0 bridgehead atoms. The predicted octanol–water partition coefficient (Wildman–Crippen LogP) is 2.45. The Kier molecular flexibility index (Phi) is 3.32. The molecule has 0 saturated carbocycles. The summed E-state index contributed by atoms with van der Waals surface area (Å²) in [7, 11) is 1.79. The Morgan fingerprint density at radius 3 is 2.68 bits per heavy atom. The molecule has 0 unspecified atom stereocenters. The van der Waals surface area contributed by atoms with E-state index in [2.05, 4.69) is 10.3 Å². The molecule has 1 aliphatic rings. The lowest BCUT2D eigenvalue weighted by atomic mass is 9.81. The van der Waals surface area contributed by atoms with Crippen LogP contribution >= 0.6 is 0 Å². The summed E-state index contributed by atoms with van der Waals surface area (Å²) in [6, 6.07) is 8.49. The minimum Gasteiger partial charge on any atom is -0.355 e. The van der Waals surface area contributed by atoms with Crippen LogP contribution in [0.2, 0.25) is 0 Å². The number of carbonyl (C=O) groups excluding carboxylic acids is 1. The molecule has 1 aromatic carbocycles. The van der Waals surface area contributed by atoms with E-state index in [-0.39, 0.29) is 17.3 Å². The smallest absolute Gasteiger partial charge is 0.252 e. The fourth-order valence-electron chi connectivity index (χ4n) is 3.61. The standard InChI is InChI=1S/C19H18FN3O2/c1-19(6-7-21-18(19)25)13-3-4-15(22-17(13)24)12-9-11-5-8-23(2)16(11)14(20)10-12/h3-5,8-10H,6-7H2,1-2H3,(H,21,25)(H,22,24)/t19-/m1/s1. The number of benzene rings is 1. The topological polar surface area (TPSA) is 66.9 Å². The van der Waals surface area contributed by atoms with Crippen molar-refractivity contribution in [3.05, 3.63) is 58.3 Å². The highest BCUT2D eigenvalue weighted by atomic mass is 19.1. The van der Waals surface area contributed by atoms with E-state index in [1.54, 1.807) is 36.9 Å². The van der Waals surface area contributed by atoms with Gasteiger partial charge in [-0.15, -0.1) is 0 Å². The number of hydrogen-bond acceptors (Lipinski definition) is 2. The van der Waals surface area contributed by atoms with E-state index in [4.69, 9.17) is 0 Å². The highest BCUT2D eigenvalue weighted by Crippen LogP contribution is 2.30. The Balaban J connectivity index is 1.82. The molecule has 4 rings (SSSR count). The zero-order chi connectivity index (χ0) is 17.8. The minimum absolute atomic E-state index is 0.137. The van der Waals surface area contributed by atoms with Crippen LogP contribution in [0.15, 0.2) is 41.3 Å². The molecule has 1 aliphatic heterocycles. The van der Waals surface area contributed by atoms with Crippen molar-refractivity contribution in [2.75, 3.05) is 6.54 Å². The lowest BCUT2D eigenvalue weighted by molar-refractivity contribution is -0.123. The van der Waals surface area contributed by atoms with E-state index in [0.717, 1.165) is 5.39 Å². The maximum absolute atomic E-state index is 14.4. The molecule has 0 radical (unpaired) electrons. The Labute approximate surface area is 143 Å². The summed E-state index contributed by atoms with van der Waals surface area (Å²) in [5.74, 6) is -0.477. The van der Waals surface area contributed by atoms with Gasteiger partial charge in [-0.2, -0.15) is 0 Å². The molecule has 0 spiro atoms. The third kappa shape index (κ3) is 2.28.